The first kappa shape index (κ1) is 12.9. The lowest BCUT2D eigenvalue weighted by Gasteiger charge is -2.34. The van der Waals surface area contributed by atoms with E-state index in [1.54, 1.807) is 12.1 Å². The van der Waals surface area contributed by atoms with Crippen LogP contribution in [0.4, 0.5) is 0 Å². The van der Waals surface area contributed by atoms with Gasteiger partial charge in [0.05, 0.1) is 11.6 Å². The van der Waals surface area contributed by atoms with Crippen LogP contribution in [-0.2, 0) is 4.79 Å². The van der Waals surface area contributed by atoms with Crippen molar-refractivity contribution in [2.24, 2.45) is 0 Å². The van der Waals surface area contributed by atoms with Gasteiger partial charge in [0.15, 0.2) is 0 Å². The number of allylic oxidation sites excluding steroid dienone is 1. The van der Waals surface area contributed by atoms with Gasteiger partial charge in [-0.15, -0.1) is 0 Å². The largest absolute Gasteiger partial charge is 0.491 e. The molecule has 104 valence electrons. The highest BCUT2D eigenvalue weighted by Crippen LogP contribution is 2.29. The molecule has 1 atom stereocenters. The van der Waals surface area contributed by atoms with Gasteiger partial charge < -0.3 is 15.0 Å². The number of piperazine rings is 1. The van der Waals surface area contributed by atoms with E-state index in [1.807, 2.05) is 17.0 Å². The minimum absolute atomic E-state index is 0.0184. The summed E-state index contributed by atoms with van der Waals surface area (Å²) < 4.78 is 5.78. The van der Waals surface area contributed by atoms with E-state index in [-0.39, 0.29) is 11.9 Å². The molecule has 2 aliphatic rings. The highest BCUT2D eigenvalue weighted by atomic mass is 16.5. The molecule has 0 saturated carbocycles. The molecule has 1 fully saturated rings. The van der Waals surface area contributed by atoms with Gasteiger partial charge in [-0.3, -0.25) is 9.59 Å². The molecule has 5 nitrogen and oxygen atoms in total. The second-order valence-corrected chi connectivity index (χ2v) is 4.88. The molecule has 1 saturated heterocycles. The first-order valence-corrected chi connectivity index (χ1v) is 6.70. The maximum Gasteiger partial charge on any atom is 0.258 e. The average molecular weight is 272 g/mol. The molecule has 0 spiro atoms. The number of amides is 1. The highest BCUT2D eigenvalue weighted by molar-refractivity contribution is 6.01. The molecule has 0 aromatic heterocycles. The molecule has 20 heavy (non-hydrogen) atoms. The number of aldehydes is 1. The van der Waals surface area contributed by atoms with Crippen molar-refractivity contribution in [3.8, 4) is 5.75 Å². The lowest BCUT2D eigenvalue weighted by Crippen LogP contribution is -2.54. The summed E-state index contributed by atoms with van der Waals surface area (Å²) in [7, 11) is 0. The summed E-state index contributed by atoms with van der Waals surface area (Å²) in [4.78, 5) is 25.1. The second-order valence-electron chi connectivity index (χ2n) is 4.88. The van der Waals surface area contributed by atoms with Crippen LogP contribution in [0.3, 0.4) is 0 Å². The molecular formula is C15H16N2O3. The van der Waals surface area contributed by atoms with Crippen LogP contribution < -0.4 is 10.1 Å². The Morgan fingerprint density at radius 1 is 1.40 bits per heavy atom. The number of benzene rings is 1. The van der Waals surface area contributed by atoms with Crippen LogP contribution in [0.25, 0.3) is 6.08 Å². The number of nitrogens with zero attached hydrogens (tertiary/aromatic N) is 1. The van der Waals surface area contributed by atoms with E-state index in [0.29, 0.717) is 30.8 Å². The van der Waals surface area contributed by atoms with Crippen molar-refractivity contribution in [3.05, 3.63) is 35.4 Å². The summed E-state index contributed by atoms with van der Waals surface area (Å²) in [5.74, 6) is 0.576. The first-order valence-electron chi connectivity index (χ1n) is 6.70. The van der Waals surface area contributed by atoms with Gasteiger partial charge >= 0.3 is 0 Å². The van der Waals surface area contributed by atoms with Gasteiger partial charge in [0.2, 0.25) is 0 Å². The fraction of sp³-hybridized carbons (Fsp3) is 0.333. The van der Waals surface area contributed by atoms with Crippen molar-refractivity contribution in [1.82, 2.24) is 10.2 Å². The van der Waals surface area contributed by atoms with Gasteiger partial charge in [-0.1, -0.05) is 18.2 Å². The summed E-state index contributed by atoms with van der Waals surface area (Å²) in [5, 5.41) is 3.27. The molecule has 1 aromatic carbocycles. The quantitative estimate of drug-likeness (QED) is 0.636. The molecule has 1 N–H and O–H groups in total. The predicted molar refractivity (Wildman–Crippen MR) is 74.7 cm³/mol. The maximum atomic E-state index is 12.8. The standard InChI is InChI=1S/C15H16N2O3/c18-8-2-4-11-3-1-5-13-14(11)15(19)17-7-6-16-9-12(17)10-20-13/h1-5,8,12,16H,6-7,9-10H2/b4-2+. The van der Waals surface area contributed by atoms with Gasteiger partial charge in [-0.25, -0.2) is 0 Å². The van der Waals surface area contributed by atoms with E-state index in [0.717, 1.165) is 18.7 Å². The lowest BCUT2D eigenvalue weighted by molar-refractivity contribution is -0.104. The van der Waals surface area contributed by atoms with E-state index < -0.39 is 0 Å². The fourth-order valence-electron chi connectivity index (χ4n) is 2.69. The Hall–Kier alpha value is -2.14. The number of ether oxygens (including phenoxy) is 1. The number of rotatable bonds is 2. The number of fused-ring (bicyclic) bond motifs is 2. The zero-order valence-electron chi connectivity index (χ0n) is 11.0. The van der Waals surface area contributed by atoms with Crippen LogP contribution in [0.15, 0.2) is 24.3 Å². The number of nitrogens with one attached hydrogen (secondary N) is 1. The van der Waals surface area contributed by atoms with E-state index >= 15 is 0 Å². The molecule has 1 amide bonds. The van der Waals surface area contributed by atoms with Crippen molar-refractivity contribution < 1.29 is 14.3 Å². The molecule has 5 heteroatoms. The van der Waals surface area contributed by atoms with Gasteiger partial charge in [0, 0.05) is 19.6 Å². The minimum atomic E-state index is -0.0184. The first-order chi connectivity index (χ1) is 9.81. The van der Waals surface area contributed by atoms with Gasteiger partial charge in [0.25, 0.3) is 5.91 Å². The van der Waals surface area contributed by atoms with Crippen molar-refractivity contribution in [1.29, 1.82) is 0 Å². The van der Waals surface area contributed by atoms with Crippen molar-refractivity contribution in [3.63, 3.8) is 0 Å². The lowest BCUT2D eigenvalue weighted by atomic mass is 10.0. The monoisotopic (exact) mass is 272 g/mol. The Bertz CT molecular complexity index is 568. The summed E-state index contributed by atoms with van der Waals surface area (Å²) in [6.07, 6.45) is 3.74. The SMILES string of the molecule is O=C/C=C/c1cccc2c1C(=O)N1CCNCC1CO2. The van der Waals surface area contributed by atoms with Gasteiger partial charge in [-0.2, -0.15) is 0 Å². The number of hydrogen-bond donors (Lipinski definition) is 1. The third-order valence-corrected chi connectivity index (χ3v) is 3.67. The smallest absolute Gasteiger partial charge is 0.258 e. The highest BCUT2D eigenvalue weighted by Gasteiger charge is 2.33. The molecule has 3 rings (SSSR count). The molecule has 0 bridgehead atoms. The van der Waals surface area contributed by atoms with Crippen LogP contribution in [-0.4, -0.2) is 49.4 Å². The van der Waals surface area contributed by atoms with Gasteiger partial charge in [0.1, 0.15) is 18.6 Å². The molecule has 0 aliphatic carbocycles. The van der Waals surface area contributed by atoms with E-state index in [4.69, 9.17) is 4.74 Å². The second kappa shape index (κ2) is 5.46. The van der Waals surface area contributed by atoms with E-state index in [9.17, 15) is 9.59 Å². The third-order valence-electron chi connectivity index (χ3n) is 3.67. The maximum absolute atomic E-state index is 12.8. The normalized spacial score (nSPS) is 21.9. The van der Waals surface area contributed by atoms with E-state index in [1.165, 1.54) is 6.08 Å². The molecule has 1 unspecified atom stereocenters. The van der Waals surface area contributed by atoms with E-state index in [2.05, 4.69) is 5.32 Å². The molecule has 2 aliphatic heterocycles. The Kier molecular flexibility index (Phi) is 3.52. The average Bonchev–Trinajstić information content (AvgIpc) is 2.64. The van der Waals surface area contributed by atoms with Crippen LogP contribution >= 0.6 is 0 Å². The fourth-order valence-corrected chi connectivity index (χ4v) is 2.69. The Morgan fingerprint density at radius 2 is 2.30 bits per heavy atom. The zero-order valence-corrected chi connectivity index (χ0v) is 11.0. The van der Waals surface area contributed by atoms with Gasteiger partial charge in [-0.05, 0) is 17.7 Å². The minimum Gasteiger partial charge on any atom is -0.491 e. The number of carbonyl (C=O) groups is 2. The Labute approximate surface area is 117 Å². The van der Waals surface area contributed by atoms with Crippen LogP contribution in [0, 0.1) is 0 Å². The zero-order chi connectivity index (χ0) is 13.9. The van der Waals surface area contributed by atoms with Crippen LogP contribution in [0.5, 0.6) is 5.75 Å². The third kappa shape index (κ3) is 2.20. The Balaban J connectivity index is 2.04. The summed E-state index contributed by atoms with van der Waals surface area (Å²) in [6.45, 7) is 2.72. The molecule has 1 aromatic rings. The van der Waals surface area contributed by atoms with Crippen LogP contribution in [0.1, 0.15) is 15.9 Å². The summed E-state index contributed by atoms with van der Waals surface area (Å²) >= 11 is 0. The molecule has 2 heterocycles. The summed E-state index contributed by atoms with van der Waals surface area (Å²) in [6, 6.07) is 5.52. The topological polar surface area (TPSA) is 58.6 Å². The van der Waals surface area contributed by atoms with Crippen LogP contribution in [0.2, 0.25) is 0 Å². The number of hydrogen-bond acceptors (Lipinski definition) is 4. The Morgan fingerprint density at radius 3 is 3.15 bits per heavy atom. The molecular weight excluding hydrogens is 256 g/mol. The molecule has 0 radical (unpaired) electrons. The summed E-state index contributed by atoms with van der Waals surface area (Å²) in [5.41, 5.74) is 1.27. The van der Waals surface area contributed by atoms with Crippen molar-refractivity contribution >= 4 is 18.3 Å². The number of carbonyl (C=O) groups excluding carboxylic acids is 2. The van der Waals surface area contributed by atoms with Crippen molar-refractivity contribution in [2.75, 3.05) is 26.2 Å². The van der Waals surface area contributed by atoms with Crippen molar-refractivity contribution in [2.45, 2.75) is 6.04 Å². The predicted octanol–water partition coefficient (Wildman–Crippen LogP) is 0.705.